The lowest BCUT2D eigenvalue weighted by molar-refractivity contribution is 1.12. The molecule has 0 radical (unpaired) electrons. The van der Waals surface area contributed by atoms with Crippen LogP contribution in [0, 0.1) is 0 Å². The van der Waals surface area contributed by atoms with E-state index in [-0.39, 0.29) is 0 Å². The summed E-state index contributed by atoms with van der Waals surface area (Å²) in [4.78, 5) is 8.74. The van der Waals surface area contributed by atoms with Gasteiger partial charge in [0.1, 0.15) is 12.2 Å². The Morgan fingerprint density at radius 3 is 2.52 bits per heavy atom. The SMILES string of the molecule is Clc1ccc(N=C(c2ccccc2)n2ccnc2)c(Cl)c1. The van der Waals surface area contributed by atoms with Gasteiger partial charge in [0.15, 0.2) is 0 Å². The van der Waals surface area contributed by atoms with E-state index < -0.39 is 0 Å². The lowest BCUT2D eigenvalue weighted by Gasteiger charge is -2.08. The average molecular weight is 316 g/mol. The zero-order valence-corrected chi connectivity index (χ0v) is 12.5. The molecular weight excluding hydrogens is 305 g/mol. The molecule has 0 amide bonds. The van der Waals surface area contributed by atoms with E-state index >= 15 is 0 Å². The fourth-order valence-corrected chi connectivity index (χ4v) is 2.38. The number of nitrogens with zero attached hydrogens (tertiary/aromatic N) is 3. The predicted molar refractivity (Wildman–Crippen MR) is 86.7 cm³/mol. The van der Waals surface area contributed by atoms with Crippen molar-refractivity contribution in [3.8, 4) is 0 Å². The number of rotatable bonds is 2. The second-order valence-electron chi connectivity index (χ2n) is 4.37. The molecule has 0 aliphatic carbocycles. The van der Waals surface area contributed by atoms with Gasteiger partial charge in [0.25, 0.3) is 0 Å². The van der Waals surface area contributed by atoms with Gasteiger partial charge in [-0.3, -0.25) is 4.57 Å². The molecule has 1 aromatic heterocycles. The average Bonchev–Trinajstić information content (AvgIpc) is 3.01. The Morgan fingerprint density at radius 2 is 1.86 bits per heavy atom. The summed E-state index contributed by atoms with van der Waals surface area (Å²) in [5, 5.41) is 1.10. The minimum atomic E-state index is 0.510. The van der Waals surface area contributed by atoms with E-state index in [1.165, 1.54) is 0 Å². The smallest absolute Gasteiger partial charge is 0.145 e. The highest BCUT2D eigenvalue weighted by Crippen LogP contribution is 2.28. The van der Waals surface area contributed by atoms with Crippen LogP contribution in [0.2, 0.25) is 10.0 Å². The summed E-state index contributed by atoms with van der Waals surface area (Å²) in [5.74, 6) is 0.748. The maximum Gasteiger partial charge on any atom is 0.145 e. The second-order valence-corrected chi connectivity index (χ2v) is 5.21. The van der Waals surface area contributed by atoms with Crippen molar-refractivity contribution in [1.29, 1.82) is 0 Å². The summed E-state index contributed by atoms with van der Waals surface area (Å²) >= 11 is 12.1. The van der Waals surface area contributed by atoms with Crippen LogP contribution in [0.25, 0.3) is 0 Å². The molecule has 0 saturated heterocycles. The minimum absolute atomic E-state index is 0.510. The highest BCUT2D eigenvalue weighted by molar-refractivity contribution is 6.36. The van der Waals surface area contributed by atoms with E-state index in [9.17, 15) is 0 Å². The molecule has 2 aromatic carbocycles. The van der Waals surface area contributed by atoms with Gasteiger partial charge in [0, 0.05) is 23.0 Å². The van der Waals surface area contributed by atoms with Crippen molar-refractivity contribution in [2.24, 2.45) is 4.99 Å². The Balaban J connectivity index is 2.14. The second kappa shape index (κ2) is 6.12. The number of aromatic nitrogens is 2. The van der Waals surface area contributed by atoms with Gasteiger partial charge in [-0.2, -0.15) is 0 Å². The highest BCUT2D eigenvalue weighted by atomic mass is 35.5. The lowest BCUT2D eigenvalue weighted by Crippen LogP contribution is -2.11. The first-order chi connectivity index (χ1) is 10.2. The molecule has 3 aromatic rings. The van der Waals surface area contributed by atoms with Gasteiger partial charge in [-0.15, -0.1) is 0 Å². The number of halogens is 2. The molecule has 0 bridgehead atoms. The van der Waals surface area contributed by atoms with E-state index in [0.717, 1.165) is 11.4 Å². The van der Waals surface area contributed by atoms with Crippen molar-refractivity contribution in [3.05, 3.63) is 82.9 Å². The normalized spacial score (nSPS) is 11.6. The molecule has 104 valence electrons. The van der Waals surface area contributed by atoms with Gasteiger partial charge in [0.2, 0.25) is 0 Å². The molecule has 21 heavy (non-hydrogen) atoms. The Bertz CT molecular complexity index is 765. The summed E-state index contributed by atoms with van der Waals surface area (Å²) in [7, 11) is 0. The van der Waals surface area contributed by atoms with Crippen LogP contribution in [-0.2, 0) is 0 Å². The van der Waals surface area contributed by atoms with Crippen LogP contribution in [0.15, 0.2) is 72.2 Å². The summed E-state index contributed by atoms with van der Waals surface area (Å²) in [6, 6.07) is 15.1. The van der Waals surface area contributed by atoms with Crippen molar-refractivity contribution in [3.63, 3.8) is 0 Å². The van der Waals surface area contributed by atoms with Crippen LogP contribution >= 0.6 is 23.2 Å². The van der Waals surface area contributed by atoms with E-state index in [1.54, 1.807) is 30.7 Å². The maximum absolute atomic E-state index is 6.21. The van der Waals surface area contributed by atoms with Crippen LogP contribution < -0.4 is 0 Å². The predicted octanol–water partition coefficient (Wildman–Crippen LogP) is 4.82. The Kier molecular flexibility index (Phi) is 4.04. The van der Waals surface area contributed by atoms with Crippen molar-refractivity contribution >= 4 is 34.7 Å². The van der Waals surface area contributed by atoms with Crippen LogP contribution in [0.4, 0.5) is 5.69 Å². The zero-order chi connectivity index (χ0) is 14.7. The third kappa shape index (κ3) is 3.15. The Morgan fingerprint density at radius 1 is 1.05 bits per heavy atom. The van der Waals surface area contributed by atoms with Crippen LogP contribution in [0.3, 0.4) is 0 Å². The van der Waals surface area contributed by atoms with E-state index in [0.29, 0.717) is 15.7 Å². The number of benzene rings is 2. The van der Waals surface area contributed by atoms with Crippen molar-refractivity contribution in [2.45, 2.75) is 0 Å². The van der Waals surface area contributed by atoms with Gasteiger partial charge in [-0.05, 0) is 18.2 Å². The van der Waals surface area contributed by atoms with Crippen molar-refractivity contribution in [1.82, 2.24) is 9.55 Å². The van der Waals surface area contributed by atoms with Crippen molar-refractivity contribution in [2.75, 3.05) is 0 Å². The Labute approximate surface area is 132 Å². The molecule has 3 nitrogen and oxygen atoms in total. The third-order valence-corrected chi connectivity index (χ3v) is 3.45. The minimum Gasteiger partial charge on any atom is -0.290 e. The molecule has 3 rings (SSSR count). The standard InChI is InChI=1S/C16H11Cl2N3/c17-13-6-7-15(14(18)10-13)20-16(21-9-8-19-11-21)12-4-2-1-3-5-12/h1-11H. The molecule has 0 fully saturated rings. The number of hydrogen-bond donors (Lipinski definition) is 0. The van der Waals surface area contributed by atoms with E-state index in [2.05, 4.69) is 9.98 Å². The lowest BCUT2D eigenvalue weighted by atomic mass is 10.2. The summed E-state index contributed by atoms with van der Waals surface area (Å²) in [6.45, 7) is 0. The quantitative estimate of drug-likeness (QED) is 0.492. The highest BCUT2D eigenvalue weighted by Gasteiger charge is 2.08. The van der Waals surface area contributed by atoms with Crippen LogP contribution in [0.1, 0.15) is 5.56 Å². The van der Waals surface area contributed by atoms with Gasteiger partial charge in [-0.25, -0.2) is 9.98 Å². The van der Waals surface area contributed by atoms with Gasteiger partial charge in [0.05, 0.1) is 10.7 Å². The number of imidazole rings is 1. The zero-order valence-electron chi connectivity index (χ0n) is 10.9. The van der Waals surface area contributed by atoms with Gasteiger partial charge < -0.3 is 0 Å². The van der Waals surface area contributed by atoms with Crippen LogP contribution in [-0.4, -0.2) is 15.4 Å². The first kappa shape index (κ1) is 13.9. The van der Waals surface area contributed by atoms with Gasteiger partial charge >= 0.3 is 0 Å². The summed E-state index contributed by atoms with van der Waals surface area (Å²) in [6.07, 6.45) is 5.26. The molecule has 0 saturated carbocycles. The molecular formula is C16H11Cl2N3. The molecule has 1 heterocycles. The molecule has 0 unspecified atom stereocenters. The Hall–Kier alpha value is -2.10. The monoisotopic (exact) mass is 315 g/mol. The summed E-state index contributed by atoms with van der Waals surface area (Å²) < 4.78 is 1.85. The number of aliphatic imine (C=N–C) groups is 1. The molecule has 0 spiro atoms. The number of hydrogen-bond acceptors (Lipinski definition) is 2. The first-order valence-electron chi connectivity index (χ1n) is 6.31. The van der Waals surface area contributed by atoms with Crippen molar-refractivity contribution < 1.29 is 0 Å². The maximum atomic E-state index is 6.21. The fourth-order valence-electron chi connectivity index (χ4n) is 1.93. The fraction of sp³-hybridized carbons (Fsp3) is 0. The third-order valence-electron chi connectivity index (χ3n) is 2.92. The largest absolute Gasteiger partial charge is 0.290 e. The van der Waals surface area contributed by atoms with Gasteiger partial charge in [-0.1, -0.05) is 53.5 Å². The van der Waals surface area contributed by atoms with E-state index in [1.807, 2.05) is 41.1 Å². The molecule has 0 aliphatic rings. The topological polar surface area (TPSA) is 30.2 Å². The summed E-state index contributed by atoms with van der Waals surface area (Å²) in [5.41, 5.74) is 1.63. The molecule has 0 aliphatic heterocycles. The van der Waals surface area contributed by atoms with E-state index in [4.69, 9.17) is 23.2 Å². The molecule has 0 atom stereocenters. The molecule has 5 heteroatoms. The van der Waals surface area contributed by atoms with Crippen LogP contribution in [0.5, 0.6) is 0 Å². The molecule has 0 N–H and O–H groups in total. The first-order valence-corrected chi connectivity index (χ1v) is 7.07.